The summed E-state index contributed by atoms with van der Waals surface area (Å²) < 4.78 is 19.2. The van der Waals surface area contributed by atoms with Crippen LogP contribution in [0.2, 0.25) is 0 Å². The Balaban J connectivity index is 2.53. The van der Waals surface area contributed by atoms with Crippen LogP contribution in [0.25, 0.3) is 10.6 Å². The van der Waals surface area contributed by atoms with Crippen molar-refractivity contribution in [3.63, 3.8) is 0 Å². The van der Waals surface area contributed by atoms with Crippen LogP contribution in [-0.4, -0.2) is 12.1 Å². The number of hydrogen-bond acceptors (Lipinski definition) is 4. The van der Waals surface area contributed by atoms with Crippen molar-refractivity contribution >= 4 is 11.3 Å². The van der Waals surface area contributed by atoms with Crippen LogP contribution in [0, 0.1) is 5.82 Å². The van der Waals surface area contributed by atoms with Crippen molar-refractivity contribution in [1.29, 1.82) is 0 Å². The number of aromatic nitrogens is 1. The van der Waals surface area contributed by atoms with Gasteiger partial charge in [-0.3, -0.25) is 0 Å². The zero-order chi connectivity index (χ0) is 13.8. The maximum atomic E-state index is 14.0. The van der Waals surface area contributed by atoms with Crippen LogP contribution in [0.15, 0.2) is 18.2 Å². The van der Waals surface area contributed by atoms with Crippen LogP contribution in [0.4, 0.5) is 4.39 Å². The van der Waals surface area contributed by atoms with Gasteiger partial charge in [0.15, 0.2) is 0 Å². The van der Waals surface area contributed by atoms with E-state index in [9.17, 15) is 4.39 Å². The van der Waals surface area contributed by atoms with Crippen molar-refractivity contribution in [2.45, 2.75) is 26.3 Å². The number of nitrogens with zero attached hydrogens (tertiary/aromatic N) is 1. The van der Waals surface area contributed by atoms with Gasteiger partial charge in [0.1, 0.15) is 16.6 Å². The first-order valence-electron chi connectivity index (χ1n) is 6.22. The molecule has 3 nitrogen and oxygen atoms in total. The number of methoxy groups -OCH3 is 1. The molecule has 1 heterocycles. The molecule has 0 saturated carbocycles. The van der Waals surface area contributed by atoms with E-state index >= 15 is 0 Å². The van der Waals surface area contributed by atoms with Gasteiger partial charge < -0.3 is 10.5 Å². The van der Waals surface area contributed by atoms with E-state index in [0.29, 0.717) is 22.9 Å². The van der Waals surface area contributed by atoms with E-state index in [1.165, 1.54) is 24.5 Å². The number of hydrogen-bond donors (Lipinski definition) is 1. The third kappa shape index (κ3) is 2.77. The number of nitrogens with two attached hydrogens (primary N) is 1. The van der Waals surface area contributed by atoms with E-state index in [0.717, 1.165) is 23.4 Å². The molecule has 102 valence electrons. The minimum absolute atomic E-state index is 0.320. The van der Waals surface area contributed by atoms with Crippen molar-refractivity contribution < 1.29 is 9.13 Å². The summed E-state index contributed by atoms with van der Waals surface area (Å²) in [4.78, 5) is 5.54. The molecule has 0 aliphatic heterocycles. The van der Waals surface area contributed by atoms with Crippen LogP contribution in [0.5, 0.6) is 5.75 Å². The standard InChI is InChI=1S/C14H17FN2OS/c1-3-5-10-12(8-16)19-14(17-10)13-9(15)6-4-7-11(13)18-2/h4,6-7H,3,5,8,16H2,1-2H3. The van der Waals surface area contributed by atoms with Gasteiger partial charge in [0.05, 0.1) is 18.4 Å². The Morgan fingerprint density at radius 2 is 2.21 bits per heavy atom. The molecule has 0 aliphatic carbocycles. The quantitative estimate of drug-likeness (QED) is 0.913. The Hall–Kier alpha value is -1.46. The zero-order valence-corrected chi connectivity index (χ0v) is 11.9. The van der Waals surface area contributed by atoms with Crippen LogP contribution in [0.1, 0.15) is 23.9 Å². The van der Waals surface area contributed by atoms with Gasteiger partial charge in [0.25, 0.3) is 0 Å². The molecule has 2 aromatic rings. The fourth-order valence-corrected chi connectivity index (χ4v) is 3.00. The van der Waals surface area contributed by atoms with Crippen molar-refractivity contribution in [2.24, 2.45) is 5.73 Å². The monoisotopic (exact) mass is 280 g/mol. The van der Waals surface area contributed by atoms with Gasteiger partial charge in [-0.25, -0.2) is 9.37 Å². The highest BCUT2D eigenvalue weighted by molar-refractivity contribution is 7.15. The van der Waals surface area contributed by atoms with Crippen molar-refractivity contribution in [3.8, 4) is 16.3 Å². The van der Waals surface area contributed by atoms with Crippen LogP contribution in [-0.2, 0) is 13.0 Å². The minimum Gasteiger partial charge on any atom is -0.496 e. The van der Waals surface area contributed by atoms with Gasteiger partial charge in [-0.1, -0.05) is 19.4 Å². The molecule has 0 unspecified atom stereocenters. The topological polar surface area (TPSA) is 48.1 Å². The van der Waals surface area contributed by atoms with Crippen molar-refractivity contribution in [3.05, 3.63) is 34.6 Å². The van der Waals surface area contributed by atoms with E-state index in [-0.39, 0.29) is 5.82 Å². The van der Waals surface area contributed by atoms with Crippen molar-refractivity contribution in [2.75, 3.05) is 7.11 Å². The molecule has 0 atom stereocenters. The molecule has 1 aromatic heterocycles. The second kappa shape index (κ2) is 6.12. The van der Waals surface area contributed by atoms with Crippen molar-refractivity contribution in [1.82, 2.24) is 4.98 Å². The highest BCUT2D eigenvalue weighted by Crippen LogP contribution is 2.36. The Morgan fingerprint density at radius 1 is 1.42 bits per heavy atom. The fourth-order valence-electron chi connectivity index (χ4n) is 1.96. The Bertz CT molecular complexity index is 569. The smallest absolute Gasteiger partial charge is 0.137 e. The summed E-state index contributed by atoms with van der Waals surface area (Å²) in [7, 11) is 1.53. The first kappa shape index (κ1) is 14.0. The van der Waals surface area contributed by atoms with Gasteiger partial charge in [-0.05, 0) is 18.6 Å². The lowest BCUT2D eigenvalue weighted by Gasteiger charge is -2.06. The first-order chi connectivity index (χ1) is 9.21. The first-order valence-corrected chi connectivity index (χ1v) is 7.04. The fraction of sp³-hybridized carbons (Fsp3) is 0.357. The van der Waals surface area contributed by atoms with E-state index in [1.54, 1.807) is 12.1 Å². The molecule has 0 saturated heterocycles. The summed E-state index contributed by atoms with van der Waals surface area (Å²) in [5.41, 5.74) is 7.12. The predicted molar refractivity (Wildman–Crippen MR) is 75.9 cm³/mol. The third-order valence-electron chi connectivity index (χ3n) is 2.86. The summed E-state index contributed by atoms with van der Waals surface area (Å²) in [6.45, 7) is 2.52. The van der Waals surface area contributed by atoms with E-state index < -0.39 is 0 Å². The molecule has 0 fully saturated rings. The van der Waals surface area contributed by atoms with E-state index in [4.69, 9.17) is 10.5 Å². The number of rotatable bonds is 5. The van der Waals surface area contributed by atoms with Crippen LogP contribution < -0.4 is 10.5 Å². The molecule has 0 spiro atoms. The molecular formula is C14H17FN2OS. The van der Waals surface area contributed by atoms with E-state index in [1.807, 2.05) is 0 Å². The molecule has 1 aromatic carbocycles. The summed E-state index contributed by atoms with van der Waals surface area (Å²) in [6, 6.07) is 4.78. The molecule has 0 bridgehead atoms. The van der Waals surface area contributed by atoms with Crippen LogP contribution >= 0.6 is 11.3 Å². The largest absolute Gasteiger partial charge is 0.496 e. The number of ether oxygens (including phenoxy) is 1. The lowest BCUT2D eigenvalue weighted by atomic mass is 10.2. The maximum absolute atomic E-state index is 14.0. The molecular weight excluding hydrogens is 263 g/mol. The Kier molecular flexibility index (Phi) is 4.50. The number of benzene rings is 1. The zero-order valence-electron chi connectivity index (χ0n) is 11.1. The molecule has 5 heteroatoms. The number of aryl methyl sites for hydroxylation is 1. The summed E-state index contributed by atoms with van der Waals surface area (Å²) in [5, 5.41) is 0.638. The predicted octanol–water partition coefficient (Wildman–Crippen LogP) is 3.37. The Labute approximate surface area is 116 Å². The van der Waals surface area contributed by atoms with Gasteiger partial charge in [0, 0.05) is 11.4 Å². The van der Waals surface area contributed by atoms with Gasteiger partial charge in [-0.2, -0.15) is 0 Å². The molecule has 2 rings (SSSR count). The van der Waals surface area contributed by atoms with Crippen LogP contribution in [0.3, 0.4) is 0 Å². The molecule has 0 radical (unpaired) electrons. The second-order valence-electron chi connectivity index (χ2n) is 4.16. The highest BCUT2D eigenvalue weighted by Gasteiger charge is 2.17. The third-order valence-corrected chi connectivity index (χ3v) is 4.00. The second-order valence-corrected chi connectivity index (χ2v) is 5.24. The lowest BCUT2D eigenvalue weighted by Crippen LogP contribution is -1.98. The van der Waals surface area contributed by atoms with E-state index in [2.05, 4.69) is 11.9 Å². The van der Waals surface area contributed by atoms with Gasteiger partial charge >= 0.3 is 0 Å². The summed E-state index contributed by atoms with van der Waals surface area (Å²) >= 11 is 1.44. The lowest BCUT2D eigenvalue weighted by molar-refractivity contribution is 0.413. The molecule has 19 heavy (non-hydrogen) atoms. The van der Waals surface area contributed by atoms with Gasteiger partial charge in [0.2, 0.25) is 0 Å². The summed E-state index contributed by atoms with van der Waals surface area (Å²) in [5.74, 6) is 0.181. The minimum atomic E-state index is -0.320. The maximum Gasteiger partial charge on any atom is 0.137 e. The Morgan fingerprint density at radius 3 is 2.84 bits per heavy atom. The SMILES string of the molecule is CCCc1nc(-c2c(F)cccc2OC)sc1CN. The highest BCUT2D eigenvalue weighted by atomic mass is 32.1. The summed E-state index contributed by atoms with van der Waals surface area (Å²) in [6.07, 6.45) is 1.85. The normalized spacial score (nSPS) is 10.7. The number of thiazole rings is 1. The van der Waals surface area contributed by atoms with Gasteiger partial charge in [-0.15, -0.1) is 11.3 Å². The number of halogens is 1. The average molecular weight is 280 g/mol. The molecule has 0 amide bonds. The molecule has 0 aliphatic rings. The average Bonchev–Trinajstić information content (AvgIpc) is 2.81. The molecule has 2 N–H and O–H groups in total.